The van der Waals surface area contributed by atoms with Gasteiger partial charge in [0.2, 0.25) is 0 Å². The molecule has 15 heavy (non-hydrogen) atoms. The Morgan fingerprint density at radius 1 is 1.20 bits per heavy atom. The average molecular weight is 209 g/mol. The molecule has 2 rings (SSSR count). The minimum absolute atomic E-state index is 0.314. The Morgan fingerprint density at radius 2 is 1.87 bits per heavy atom. The molecule has 0 aliphatic heterocycles. The lowest BCUT2D eigenvalue weighted by Gasteiger charge is -2.03. The fourth-order valence-electron chi connectivity index (χ4n) is 1.41. The molecule has 0 fully saturated rings. The van der Waals surface area contributed by atoms with Crippen molar-refractivity contribution in [2.75, 3.05) is 5.73 Å². The van der Waals surface area contributed by atoms with Crippen molar-refractivity contribution in [3.63, 3.8) is 0 Å². The van der Waals surface area contributed by atoms with Gasteiger partial charge in [-0.15, -0.1) is 0 Å². The number of aromatic nitrogens is 2. The van der Waals surface area contributed by atoms with Gasteiger partial charge in [0.1, 0.15) is 5.82 Å². The molecule has 5 heteroatoms. The largest absolute Gasteiger partial charge is 0.382 e. The van der Waals surface area contributed by atoms with Gasteiger partial charge < -0.3 is 5.73 Å². The highest BCUT2D eigenvalue weighted by molar-refractivity contribution is 5.65. The van der Waals surface area contributed by atoms with Crippen LogP contribution >= 0.6 is 0 Å². The van der Waals surface area contributed by atoms with Gasteiger partial charge in [-0.1, -0.05) is 0 Å². The number of nitrogens with zero attached hydrogens (tertiary/aromatic N) is 1. The highest BCUT2D eigenvalue weighted by Gasteiger charge is 2.10. The van der Waals surface area contributed by atoms with E-state index in [1.54, 1.807) is 13.0 Å². The highest BCUT2D eigenvalue weighted by atomic mass is 19.2. The summed E-state index contributed by atoms with van der Waals surface area (Å²) >= 11 is 0. The number of benzene rings is 1. The molecular weight excluding hydrogens is 200 g/mol. The summed E-state index contributed by atoms with van der Waals surface area (Å²) in [6.45, 7) is 1.69. The first kappa shape index (κ1) is 9.64. The highest BCUT2D eigenvalue weighted by Crippen LogP contribution is 2.24. The third-order valence-corrected chi connectivity index (χ3v) is 2.16. The second-order valence-electron chi connectivity index (χ2n) is 3.29. The topological polar surface area (TPSA) is 54.7 Å². The number of hydrogen-bond acceptors (Lipinski definition) is 2. The Kier molecular flexibility index (Phi) is 2.15. The van der Waals surface area contributed by atoms with Crippen molar-refractivity contribution in [2.45, 2.75) is 6.92 Å². The molecule has 1 heterocycles. The van der Waals surface area contributed by atoms with Crippen LogP contribution in [0.15, 0.2) is 18.2 Å². The molecule has 3 N–H and O–H groups in total. The van der Waals surface area contributed by atoms with Gasteiger partial charge in [-0.3, -0.25) is 5.10 Å². The second kappa shape index (κ2) is 3.34. The molecular formula is C10H9F2N3. The van der Waals surface area contributed by atoms with Crippen LogP contribution in [-0.2, 0) is 0 Å². The molecule has 0 unspecified atom stereocenters. The van der Waals surface area contributed by atoms with Crippen molar-refractivity contribution in [3.8, 4) is 11.3 Å². The van der Waals surface area contributed by atoms with Gasteiger partial charge in [0.15, 0.2) is 11.6 Å². The normalized spacial score (nSPS) is 10.6. The number of nitrogen functional groups attached to an aromatic ring is 1. The fraction of sp³-hybridized carbons (Fsp3) is 0.100. The molecule has 0 radical (unpaired) electrons. The van der Waals surface area contributed by atoms with Crippen LogP contribution in [0.5, 0.6) is 0 Å². The first-order valence-electron chi connectivity index (χ1n) is 4.35. The van der Waals surface area contributed by atoms with Crippen molar-refractivity contribution < 1.29 is 8.78 Å². The zero-order valence-electron chi connectivity index (χ0n) is 8.01. The molecule has 0 atom stereocenters. The summed E-state index contributed by atoms with van der Waals surface area (Å²) in [6.07, 6.45) is 0. The van der Waals surface area contributed by atoms with Gasteiger partial charge >= 0.3 is 0 Å². The van der Waals surface area contributed by atoms with E-state index < -0.39 is 11.6 Å². The summed E-state index contributed by atoms with van der Waals surface area (Å²) in [5.41, 5.74) is 7.17. The van der Waals surface area contributed by atoms with E-state index in [0.717, 1.165) is 12.1 Å². The van der Waals surface area contributed by atoms with Crippen molar-refractivity contribution >= 4 is 5.82 Å². The molecule has 0 aliphatic carbocycles. The van der Waals surface area contributed by atoms with E-state index in [-0.39, 0.29) is 0 Å². The Morgan fingerprint density at radius 3 is 2.47 bits per heavy atom. The number of nitrogens with two attached hydrogens (primary N) is 1. The number of aryl methyl sites for hydroxylation is 1. The standard InChI is InChI=1S/C10H9F2N3/c1-5-2-7(11)8(12)3-6(5)9-4-10(13)15-14-9/h2-4H,1H3,(H3,13,14,15). The van der Waals surface area contributed by atoms with Gasteiger partial charge in [-0.05, 0) is 24.6 Å². The second-order valence-corrected chi connectivity index (χ2v) is 3.29. The van der Waals surface area contributed by atoms with Gasteiger partial charge in [-0.25, -0.2) is 8.78 Å². The Labute approximate surface area is 84.9 Å². The van der Waals surface area contributed by atoms with E-state index in [2.05, 4.69) is 10.2 Å². The van der Waals surface area contributed by atoms with Crippen LogP contribution in [0.3, 0.4) is 0 Å². The Bertz CT molecular complexity index is 505. The molecule has 3 nitrogen and oxygen atoms in total. The number of aromatic amines is 1. The summed E-state index contributed by atoms with van der Waals surface area (Å²) in [7, 11) is 0. The van der Waals surface area contributed by atoms with Crippen LogP contribution in [0.4, 0.5) is 14.6 Å². The van der Waals surface area contributed by atoms with E-state index in [9.17, 15) is 8.78 Å². The van der Waals surface area contributed by atoms with Crippen molar-refractivity contribution in [3.05, 3.63) is 35.4 Å². The molecule has 0 saturated carbocycles. The van der Waals surface area contributed by atoms with Gasteiger partial charge in [0.05, 0.1) is 5.69 Å². The summed E-state index contributed by atoms with van der Waals surface area (Å²) < 4.78 is 25.9. The summed E-state index contributed by atoms with van der Waals surface area (Å²) in [5.74, 6) is -1.43. The van der Waals surface area contributed by atoms with E-state index in [1.807, 2.05) is 0 Å². The van der Waals surface area contributed by atoms with Crippen LogP contribution in [0.25, 0.3) is 11.3 Å². The number of hydrogen-bond donors (Lipinski definition) is 2. The summed E-state index contributed by atoms with van der Waals surface area (Å²) in [4.78, 5) is 0. The molecule has 2 aromatic rings. The molecule has 0 amide bonds. The zero-order valence-corrected chi connectivity index (χ0v) is 8.01. The minimum Gasteiger partial charge on any atom is -0.382 e. The van der Waals surface area contributed by atoms with Crippen LogP contribution < -0.4 is 5.73 Å². The monoisotopic (exact) mass is 209 g/mol. The lowest BCUT2D eigenvalue weighted by Crippen LogP contribution is -1.90. The molecule has 78 valence electrons. The van der Waals surface area contributed by atoms with Crippen LogP contribution in [0.2, 0.25) is 0 Å². The first-order valence-corrected chi connectivity index (χ1v) is 4.35. The van der Waals surface area contributed by atoms with E-state index in [4.69, 9.17) is 5.73 Å². The molecule has 0 spiro atoms. The smallest absolute Gasteiger partial charge is 0.159 e. The predicted octanol–water partition coefficient (Wildman–Crippen LogP) is 2.25. The SMILES string of the molecule is Cc1cc(F)c(F)cc1-c1cc(N)n[nH]1. The number of halogens is 2. The zero-order chi connectivity index (χ0) is 11.0. The minimum atomic E-state index is -0.885. The molecule has 0 saturated heterocycles. The van der Waals surface area contributed by atoms with Crippen molar-refractivity contribution in [1.82, 2.24) is 10.2 Å². The quantitative estimate of drug-likeness (QED) is 0.756. The number of nitrogens with one attached hydrogen (secondary N) is 1. The maximum absolute atomic E-state index is 13.0. The van der Waals surface area contributed by atoms with Gasteiger partial charge in [0, 0.05) is 11.6 Å². The molecule has 1 aromatic carbocycles. The van der Waals surface area contributed by atoms with E-state index in [0.29, 0.717) is 22.6 Å². The first-order chi connectivity index (χ1) is 7.08. The van der Waals surface area contributed by atoms with Gasteiger partial charge in [-0.2, -0.15) is 5.10 Å². The lowest BCUT2D eigenvalue weighted by molar-refractivity contribution is 0.508. The summed E-state index contributed by atoms with van der Waals surface area (Å²) in [6, 6.07) is 3.83. The van der Waals surface area contributed by atoms with Crippen LogP contribution in [0, 0.1) is 18.6 Å². The summed E-state index contributed by atoms with van der Waals surface area (Å²) in [5, 5.41) is 6.37. The van der Waals surface area contributed by atoms with E-state index >= 15 is 0 Å². The average Bonchev–Trinajstić information content (AvgIpc) is 2.58. The van der Waals surface area contributed by atoms with Crippen LogP contribution in [0.1, 0.15) is 5.56 Å². The molecule has 0 bridgehead atoms. The number of rotatable bonds is 1. The van der Waals surface area contributed by atoms with E-state index in [1.165, 1.54) is 0 Å². The molecule has 1 aromatic heterocycles. The number of H-pyrrole nitrogens is 1. The third kappa shape index (κ3) is 1.68. The maximum atomic E-state index is 13.0. The fourth-order valence-corrected chi connectivity index (χ4v) is 1.41. The maximum Gasteiger partial charge on any atom is 0.159 e. The number of anilines is 1. The van der Waals surface area contributed by atoms with Crippen LogP contribution in [-0.4, -0.2) is 10.2 Å². The predicted molar refractivity (Wildman–Crippen MR) is 53.1 cm³/mol. The lowest BCUT2D eigenvalue weighted by atomic mass is 10.1. The van der Waals surface area contributed by atoms with Crippen molar-refractivity contribution in [1.29, 1.82) is 0 Å². The van der Waals surface area contributed by atoms with Gasteiger partial charge in [0.25, 0.3) is 0 Å². The van der Waals surface area contributed by atoms with Crippen molar-refractivity contribution in [2.24, 2.45) is 0 Å². The molecule has 0 aliphatic rings. The Balaban J connectivity index is 2.58. The third-order valence-electron chi connectivity index (χ3n) is 2.16. The Hall–Kier alpha value is -1.91.